The standard InChI is InChI=1S/C62H79FN10O9S/c1-10-37-12-11-13-40-26-43(74)27-46(50(37)40)52-51(63)53-47(29-64-52)56(71-30-41-18-19-42(31-71)73(41)60(79)82-62(7,8)9)69-59(68-53)80-25-24-70-22-20-45(21-23-70)81-33-49(76)67-55(61(4,5)6)58(78)72-32-44(75)28-48(72)57(77)66-35(2)38-14-16-39(17-15-38)54-36(3)65-34-83-54/h11-17,26-27,29,34-35,40-42,44-45,48,50,55,74-75H,10,18-25,28,30-33H2,1-9H3,(H,66,77)(H,67,76)/t35-,40?,41?,42?,44+,48-,50?,55+/m0/s1. The number of fused-ring (bicyclic) bond motifs is 4. The third-order valence-corrected chi connectivity index (χ3v) is 17.8. The molecule has 0 spiro atoms. The van der Waals surface area contributed by atoms with Crippen LogP contribution in [0.1, 0.15) is 117 Å². The number of aliphatic hydroxyl groups excluding tert-OH is 2. The molecule has 6 aliphatic rings. The molecule has 83 heavy (non-hydrogen) atoms. The fraction of sp³-hybridized carbons (Fsp3) is 0.548. The van der Waals surface area contributed by atoms with E-state index in [0.717, 1.165) is 46.5 Å². The first-order valence-electron chi connectivity index (χ1n) is 29.2. The number of ether oxygens (including phenoxy) is 3. The lowest BCUT2D eigenvalue weighted by molar-refractivity contribution is -0.145. The van der Waals surface area contributed by atoms with Crippen LogP contribution in [0, 0.1) is 30.0 Å². The zero-order valence-corrected chi connectivity index (χ0v) is 49.9. The maximum Gasteiger partial charge on any atom is 0.410 e. The second kappa shape index (κ2) is 24.4. The van der Waals surface area contributed by atoms with Gasteiger partial charge < -0.3 is 44.9 Å². The van der Waals surface area contributed by atoms with Crippen molar-refractivity contribution in [2.24, 2.45) is 17.3 Å². The van der Waals surface area contributed by atoms with E-state index in [1.54, 1.807) is 29.7 Å². The number of anilines is 1. The van der Waals surface area contributed by atoms with Crippen molar-refractivity contribution in [2.45, 2.75) is 149 Å². The van der Waals surface area contributed by atoms with E-state index in [0.29, 0.717) is 62.3 Å². The number of carbonyl (C=O) groups excluding carboxylic acids is 4. The predicted molar refractivity (Wildman–Crippen MR) is 315 cm³/mol. The number of hydrogen-bond donors (Lipinski definition) is 4. The maximum atomic E-state index is 17.4. The van der Waals surface area contributed by atoms with Crippen molar-refractivity contribution in [3.63, 3.8) is 0 Å². The summed E-state index contributed by atoms with van der Waals surface area (Å²) in [5.74, 6) is -1.81. The summed E-state index contributed by atoms with van der Waals surface area (Å²) in [6, 6.07) is 5.34. The first-order valence-corrected chi connectivity index (χ1v) is 30.1. The van der Waals surface area contributed by atoms with Gasteiger partial charge in [0.1, 0.15) is 53.7 Å². The van der Waals surface area contributed by atoms with Crippen LogP contribution in [-0.2, 0) is 23.9 Å². The summed E-state index contributed by atoms with van der Waals surface area (Å²) in [5, 5.41) is 28.0. The van der Waals surface area contributed by atoms with E-state index in [9.17, 15) is 29.4 Å². The molecule has 0 radical (unpaired) electrons. The molecule has 4 saturated heterocycles. The Morgan fingerprint density at radius 2 is 1.67 bits per heavy atom. The lowest BCUT2D eigenvalue weighted by atomic mass is 9.72. The van der Waals surface area contributed by atoms with Gasteiger partial charge in [-0.25, -0.2) is 14.2 Å². The molecule has 8 atom stereocenters. The molecule has 19 nitrogen and oxygen atoms in total. The molecule has 21 heteroatoms. The lowest BCUT2D eigenvalue weighted by Gasteiger charge is -2.42. The molecule has 4 amide bonds. The minimum Gasteiger partial charge on any atom is -0.508 e. The second-order valence-electron chi connectivity index (χ2n) is 25.0. The Balaban J connectivity index is 0.756. The first-order chi connectivity index (χ1) is 39.5. The number of piperazine rings is 1. The molecule has 0 saturated carbocycles. The molecular formula is C62H79FN10O9S. The summed E-state index contributed by atoms with van der Waals surface area (Å²) < 4.78 is 35.7. The Labute approximate surface area is 489 Å². The second-order valence-corrected chi connectivity index (χ2v) is 25.9. The fourth-order valence-electron chi connectivity index (χ4n) is 12.6. The number of benzene rings is 1. The van der Waals surface area contributed by atoms with Gasteiger partial charge in [-0.15, -0.1) is 11.3 Å². The van der Waals surface area contributed by atoms with E-state index in [2.05, 4.69) is 32.3 Å². The Morgan fingerprint density at radius 1 is 0.952 bits per heavy atom. The quantitative estimate of drug-likeness (QED) is 0.0827. The number of aryl methyl sites for hydroxylation is 1. The highest BCUT2D eigenvalue weighted by Gasteiger charge is 2.47. The molecule has 10 rings (SSSR count). The van der Waals surface area contributed by atoms with Crippen LogP contribution in [0.4, 0.5) is 15.0 Å². The van der Waals surface area contributed by atoms with Crippen LogP contribution in [-0.4, -0.2) is 163 Å². The van der Waals surface area contributed by atoms with E-state index >= 15 is 4.39 Å². The van der Waals surface area contributed by atoms with E-state index in [1.807, 2.05) is 108 Å². The van der Waals surface area contributed by atoms with Gasteiger partial charge in [0.25, 0.3) is 0 Å². The minimum atomic E-state index is -1.00. The summed E-state index contributed by atoms with van der Waals surface area (Å²) in [7, 11) is 0. The third kappa shape index (κ3) is 13.1. The number of aromatic nitrogens is 4. The zero-order chi connectivity index (χ0) is 59.1. The highest BCUT2D eigenvalue weighted by Crippen LogP contribution is 2.45. The molecule has 7 heterocycles. The number of nitrogens with one attached hydrogen (secondary N) is 2. The van der Waals surface area contributed by atoms with Crippen LogP contribution in [0.25, 0.3) is 26.9 Å². The van der Waals surface area contributed by atoms with Gasteiger partial charge in [-0.1, -0.05) is 75.8 Å². The zero-order valence-electron chi connectivity index (χ0n) is 49.1. The van der Waals surface area contributed by atoms with Gasteiger partial charge >= 0.3 is 12.1 Å². The monoisotopic (exact) mass is 1160 g/mol. The van der Waals surface area contributed by atoms with Crippen LogP contribution in [0.2, 0.25) is 0 Å². The number of allylic oxidation sites excluding steroid dienone is 7. The van der Waals surface area contributed by atoms with Crippen LogP contribution in [0.3, 0.4) is 0 Å². The molecule has 4 N–H and O–H groups in total. The van der Waals surface area contributed by atoms with Gasteiger partial charge in [0.2, 0.25) is 17.7 Å². The normalized spacial score (nSPS) is 23.7. The summed E-state index contributed by atoms with van der Waals surface area (Å²) in [6.07, 6.45) is 13.2. The molecule has 2 aliphatic carbocycles. The SMILES string of the molecule is CCC1=CC=CC2C=C(O)C=C(c3ncc4c(N5CC6CCC(C5)N6C(=O)OC(C)(C)C)nc(OCCN5CCC(OCC(=O)N[C@H](C(=O)N6C[C@H](O)C[C@H]6C(=O)N[C@@H](C)c6ccc(-c7scnc7C)cc6)C(C)(C)C)CC5)nc4c3F)C12. The molecule has 3 aromatic heterocycles. The van der Waals surface area contributed by atoms with Crippen LogP contribution in [0.15, 0.2) is 77.7 Å². The average Bonchev–Trinajstić information content (AvgIpc) is 2.42. The number of pyridine rings is 1. The van der Waals surface area contributed by atoms with Crippen molar-refractivity contribution in [1.29, 1.82) is 0 Å². The molecule has 1 aromatic carbocycles. The number of halogens is 1. The minimum absolute atomic E-state index is 0.00396. The van der Waals surface area contributed by atoms with Gasteiger partial charge in [-0.05, 0) is 101 Å². The number of thiazole rings is 1. The number of rotatable bonds is 16. The van der Waals surface area contributed by atoms with Crippen LogP contribution >= 0.6 is 11.3 Å². The van der Waals surface area contributed by atoms with Gasteiger partial charge in [0.05, 0.1) is 51.8 Å². The molecule has 444 valence electrons. The summed E-state index contributed by atoms with van der Waals surface area (Å²) in [5.41, 5.74) is 5.12. The van der Waals surface area contributed by atoms with Crippen molar-refractivity contribution in [3.8, 4) is 16.5 Å². The van der Waals surface area contributed by atoms with E-state index < -0.39 is 46.8 Å². The van der Waals surface area contributed by atoms with Crippen LogP contribution in [0.5, 0.6) is 6.01 Å². The number of amides is 4. The van der Waals surface area contributed by atoms with Gasteiger partial charge in [-0.3, -0.25) is 29.2 Å². The Morgan fingerprint density at radius 3 is 2.34 bits per heavy atom. The molecule has 2 bridgehead atoms. The van der Waals surface area contributed by atoms with Gasteiger partial charge in [0, 0.05) is 63.7 Å². The van der Waals surface area contributed by atoms with Crippen molar-refractivity contribution in [1.82, 2.24) is 45.3 Å². The van der Waals surface area contributed by atoms with Crippen molar-refractivity contribution in [2.75, 3.05) is 57.4 Å². The fourth-order valence-corrected chi connectivity index (χ4v) is 13.4. The number of carbonyl (C=O) groups is 4. The number of piperidine rings is 1. The highest BCUT2D eigenvalue weighted by atomic mass is 32.1. The predicted octanol–water partition coefficient (Wildman–Crippen LogP) is 8.39. The van der Waals surface area contributed by atoms with E-state index in [-0.39, 0.29) is 97.2 Å². The molecule has 4 aromatic rings. The van der Waals surface area contributed by atoms with E-state index in [4.69, 9.17) is 29.2 Å². The van der Waals surface area contributed by atoms with Gasteiger partial charge in [-0.2, -0.15) is 9.97 Å². The molecule has 4 unspecified atom stereocenters. The van der Waals surface area contributed by atoms with Crippen molar-refractivity contribution in [3.05, 3.63) is 100 Å². The van der Waals surface area contributed by atoms with Gasteiger partial charge in [0.15, 0.2) is 5.82 Å². The number of aliphatic hydroxyl groups is 2. The number of hydrogen-bond acceptors (Lipinski definition) is 16. The highest BCUT2D eigenvalue weighted by molar-refractivity contribution is 7.13. The topological polar surface area (TPSA) is 225 Å². The largest absolute Gasteiger partial charge is 0.508 e. The van der Waals surface area contributed by atoms with E-state index in [1.165, 1.54) is 4.90 Å². The molecule has 4 fully saturated rings. The average molecular weight is 1160 g/mol. The molecular weight excluding hydrogens is 1080 g/mol. The smallest absolute Gasteiger partial charge is 0.410 e. The first kappa shape index (κ1) is 59.4. The Kier molecular flexibility index (Phi) is 17.5. The summed E-state index contributed by atoms with van der Waals surface area (Å²) in [4.78, 5) is 82.5. The molecule has 4 aliphatic heterocycles. The summed E-state index contributed by atoms with van der Waals surface area (Å²) in [6.45, 7) is 19.6. The number of β-amino-alcohol motifs (C(OH)–C–C–N with tert-alkyl or cyclic N) is 1. The van der Waals surface area contributed by atoms with Crippen LogP contribution < -0.4 is 20.3 Å². The number of nitrogens with zero attached hydrogens (tertiary/aromatic N) is 8. The van der Waals surface area contributed by atoms with Crippen molar-refractivity contribution < 1.29 is 48.0 Å². The Bertz CT molecular complexity index is 3200. The third-order valence-electron chi connectivity index (χ3n) is 16.8. The van der Waals surface area contributed by atoms with Crippen molar-refractivity contribution >= 4 is 57.4 Å². The summed E-state index contributed by atoms with van der Waals surface area (Å²) >= 11 is 1.57. The lowest BCUT2D eigenvalue weighted by Crippen LogP contribution is -2.58. The maximum absolute atomic E-state index is 17.4. The number of likely N-dealkylation sites (tertiary alicyclic amines) is 2. The Hall–Kier alpha value is -6.81.